The molecule has 0 fully saturated rings. The second kappa shape index (κ2) is 11.6. The van der Waals surface area contributed by atoms with Gasteiger partial charge in [0.1, 0.15) is 11.9 Å². The molecule has 0 heterocycles. The van der Waals surface area contributed by atoms with Crippen molar-refractivity contribution in [1.29, 1.82) is 0 Å². The fraction of sp³-hybridized carbons (Fsp3) is 0.481. The van der Waals surface area contributed by atoms with E-state index >= 15 is 0 Å². The van der Waals surface area contributed by atoms with Gasteiger partial charge in [-0.3, -0.25) is 9.59 Å². The molecule has 0 aliphatic heterocycles. The Morgan fingerprint density at radius 3 is 1.91 bits per heavy atom. The lowest BCUT2D eigenvalue weighted by Crippen LogP contribution is -2.44. The first-order valence-electron chi connectivity index (χ1n) is 11.7. The zero-order valence-electron chi connectivity index (χ0n) is 20.4. The van der Waals surface area contributed by atoms with Gasteiger partial charge in [-0.1, -0.05) is 63.2 Å². The van der Waals surface area contributed by atoms with Gasteiger partial charge in [0.05, 0.1) is 5.41 Å². The van der Waals surface area contributed by atoms with Crippen LogP contribution in [-0.4, -0.2) is 26.2 Å². The molecule has 174 valence electrons. The van der Waals surface area contributed by atoms with Crippen LogP contribution in [0.15, 0.2) is 54.6 Å². The van der Waals surface area contributed by atoms with Crippen molar-refractivity contribution in [3.63, 3.8) is 0 Å². The zero-order chi connectivity index (χ0) is 23.8. The molecule has 0 spiro atoms. The molecule has 0 aromatic heterocycles. The Kier molecular flexibility index (Phi) is 9.41. The average molecular weight is 455 g/mol. The molecule has 0 aliphatic carbocycles. The topological polar surface area (TPSA) is 52.6 Å². The maximum Gasteiger partial charge on any atom is 0.316 e. The van der Waals surface area contributed by atoms with E-state index in [1.807, 2.05) is 63.2 Å². The van der Waals surface area contributed by atoms with E-state index in [-0.39, 0.29) is 11.8 Å². The van der Waals surface area contributed by atoms with E-state index in [4.69, 9.17) is 9.16 Å². The van der Waals surface area contributed by atoms with E-state index in [1.165, 1.54) is 0 Å². The summed E-state index contributed by atoms with van der Waals surface area (Å²) >= 11 is 0. The van der Waals surface area contributed by atoms with E-state index in [1.54, 1.807) is 12.1 Å². The first-order chi connectivity index (χ1) is 15.1. The molecule has 32 heavy (non-hydrogen) atoms. The molecule has 0 bridgehead atoms. The predicted molar refractivity (Wildman–Crippen MR) is 132 cm³/mol. The van der Waals surface area contributed by atoms with E-state index in [0.717, 1.165) is 29.3 Å². The SMILES string of the molecule is CC[Si](CC)(CC)O[C@@H](Cc1ccc(OC(=O)C(C)(C)C)cc1)C(=O)Cc1ccccc1. The Morgan fingerprint density at radius 1 is 0.844 bits per heavy atom. The summed E-state index contributed by atoms with van der Waals surface area (Å²) in [6.45, 7) is 12.0. The van der Waals surface area contributed by atoms with Gasteiger partial charge in [0, 0.05) is 12.8 Å². The molecule has 0 saturated heterocycles. The number of ether oxygens (including phenoxy) is 1. The van der Waals surface area contributed by atoms with Gasteiger partial charge in [-0.15, -0.1) is 0 Å². The maximum absolute atomic E-state index is 13.3. The Morgan fingerprint density at radius 2 is 1.41 bits per heavy atom. The molecule has 0 N–H and O–H groups in total. The second-order valence-electron chi connectivity index (χ2n) is 9.47. The number of esters is 1. The van der Waals surface area contributed by atoms with Crippen LogP contribution >= 0.6 is 0 Å². The van der Waals surface area contributed by atoms with Crippen molar-refractivity contribution < 1.29 is 18.8 Å². The highest BCUT2D eigenvalue weighted by Crippen LogP contribution is 2.26. The summed E-state index contributed by atoms with van der Waals surface area (Å²) in [6.07, 6.45) is 0.423. The lowest BCUT2D eigenvalue weighted by atomic mass is 9.97. The molecule has 4 nitrogen and oxygen atoms in total. The largest absolute Gasteiger partial charge is 0.426 e. The summed E-state index contributed by atoms with van der Waals surface area (Å²) in [5.41, 5.74) is 1.45. The highest BCUT2D eigenvalue weighted by molar-refractivity contribution is 6.73. The number of Topliss-reactive ketones (excluding diaryl/α,β-unsaturated/α-hetero) is 1. The van der Waals surface area contributed by atoms with Crippen molar-refractivity contribution in [3.05, 3.63) is 65.7 Å². The molecule has 1 atom stereocenters. The summed E-state index contributed by atoms with van der Waals surface area (Å²) in [4.78, 5) is 25.4. The fourth-order valence-electron chi connectivity index (χ4n) is 3.60. The van der Waals surface area contributed by atoms with Crippen molar-refractivity contribution in [2.24, 2.45) is 5.41 Å². The van der Waals surface area contributed by atoms with Gasteiger partial charge in [0.15, 0.2) is 14.1 Å². The number of benzene rings is 2. The number of hydrogen-bond acceptors (Lipinski definition) is 4. The van der Waals surface area contributed by atoms with Gasteiger partial charge >= 0.3 is 5.97 Å². The van der Waals surface area contributed by atoms with Gasteiger partial charge in [0.25, 0.3) is 0 Å². The van der Waals surface area contributed by atoms with Gasteiger partial charge in [-0.2, -0.15) is 0 Å². The smallest absolute Gasteiger partial charge is 0.316 e. The number of rotatable bonds is 11. The van der Waals surface area contributed by atoms with E-state index in [2.05, 4.69) is 20.8 Å². The number of ketones is 1. The van der Waals surface area contributed by atoms with Crippen LogP contribution in [0, 0.1) is 5.41 Å². The van der Waals surface area contributed by atoms with Crippen LogP contribution in [-0.2, 0) is 26.9 Å². The van der Waals surface area contributed by atoms with Gasteiger partial charge in [-0.25, -0.2) is 0 Å². The van der Waals surface area contributed by atoms with Crippen LogP contribution in [0.3, 0.4) is 0 Å². The molecule has 0 radical (unpaired) electrons. The quantitative estimate of drug-likeness (QED) is 0.224. The summed E-state index contributed by atoms with van der Waals surface area (Å²) in [6, 6.07) is 20.3. The Balaban J connectivity index is 2.20. The average Bonchev–Trinajstić information content (AvgIpc) is 2.78. The van der Waals surface area contributed by atoms with Crippen molar-refractivity contribution >= 4 is 20.1 Å². The Labute approximate surface area is 194 Å². The third-order valence-electron chi connectivity index (χ3n) is 6.07. The van der Waals surface area contributed by atoms with Crippen LogP contribution in [0.4, 0.5) is 0 Å². The first-order valence-corrected chi connectivity index (χ1v) is 14.2. The third-order valence-corrected chi connectivity index (χ3v) is 10.7. The normalized spacial score (nSPS) is 12.9. The van der Waals surface area contributed by atoms with Crippen LogP contribution < -0.4 is 4.74 Å². The molecule has 2 aromatic rings. The molecule has 2 rings (SSSR count). The minimum absolute atomic E-state index is 0.117. The van der Waals surface area contributed by atoms with Crippen molar-refractivity contribution in [2.45, 2.75) is 78.6 Å². The molecular formula is C27H38O4Si. The highest BCUT2D eigenvalue weighted by Gasteiger charge is 2.34. The monoisotopic (exact) mass is 454 g/mol. The van der Waals surface area contributed by atoms with Crippen molar-refractivity contribution in [2.75, 3.05) is 0 Å². The number of carbonyl (C=O) groups excluding carboxylic acids is 2. The molecule has 0 unspecified atom stereocenters. The molecular weight excluding hydrogens is 416 g/mol. The summed E-state index contributed by atoms with van der Waals surface area (Å²) in [5.74, 6) is 0.363. The van der Waals surface area contributed by atoms with Crippen molar-refractivity contribution in [3.8, 4) is 5.75 Å². The molecule has 0 saturated carbocycles. The Bertz CT molecular complexity index is 857. The van der Waals surface area contributed by atoms with Crippen LogP contribution in [0.2, 0.25) is 18.1 Å². The summed E-state index contributed by atoms with van der Waals surface area (Å²) < 4.78 is 12.1. The van der Waals surface area contributed by atoms with Crippen LogP contribution in [0.1, 0.15) is 52.7 Å². The van der Waals surface area contributed by atoms with E-state index in [0.29, 0.717) is 18.6 Å². The third kappa shape index (κ3) is 7.42. The number of hydrogen-bond donors (Lipinski definition) is 0. The first kappa shape index (κ1) is 26.0. The lowest BCUT2D eigenvalue weighted by Gasteiger charge is -2.33. The van der Waals surface area contributed by atoms with Crippen molar-refractivity contribution in [1.82, 2.24) is 0 Å². The van der Waals surface area contributed by atoms with Crippen LogP contribution in [0.5, 0.6) is 5.75 Å². The Hall–Kier alpha value is -2.24. The standard InChI is InChI=1S/C27H38O4Si/c1-7-32(8-2,9-3)31-25(24(28)19-21-13-11-10-12-14-21)20-22-15-17-23(18-16-22)30-26(29)27(4,5)6/h10-18,25H,7-9,19-20H2,1-6H3/t25-/m0/s1. The summed E-state index contributed by atoms with van der Waals surface area (Å²) in [7, 11) is -1.96. The minimum Gasteiger partial charge on any atom is -0.426 e. The molecule has 2 aromatic carbocycles. The van der Waals surface area contributed by atoms with Crippen LogP contribution in [0.25, 0.3) is 0 Å². The van der Waals surface area contributed by atoms with Gasteiger partial charge < -0.3 is 9.16 Å². The minimum atomic E-state index is -1.96. The number of carbonyl (C=O) groups is 2. The second-order valence-corrected chi connectivity index (χ2v) is 14.2. The molecule has 5 heteroatoms. The fourth-order valence-corrected chi connectivity index (χ4v) is 6.42. The zero-order valence-corrected chi connectivity index (χ0v) is 21.4. The van der Waals surface area contributed by atoms with E-state index < -0.39 is 19.8 Å². The van der Waals surface area contributed by atoms with E-state index in [9.17, 15) is 9.59 Å². The maximum atomic E-state index is 13.3. The lowest BCUT2D eigenvalue weighted by molar-refractivity contribution is -0.143. The van der Waals surface area contributed by atoms with Gasteiger partial charge in [-0.05, 0) is 62.2 Å². The highest BCUT2D eigenvalue weighted by atomic mass is 28.4. The predicted octanol–water partition coefficient (Wildman–Crippen LogP) is 6.38. The van der Waals surface area contributed by atoms with Gasteiger partial charge in [0.2, 0.25) is 0 Å². The molecule has 0 aliphatic rings. The summed E-state index contributed by atoms with van der Waals surface area (Å²) in [5, 5.41) is 0. The molecule has 0 amide bonds.